The Kier molecular flexibility index (Phi) is 4.90. The second-order valence-corrected chi connectivity index (χ2v) is 5.44. The second-order valence-electron chi connectivity index (χ2n) is 4.24. The van der Waals surface area contributed by atoms with Gasteiger partial charge in [0.2, 0.25) is 0 Å². The standard InChI is InChI=1S/C14H15BrClN3O2/c1-7-11(15)14(17-2)19-13(18-7)8-5-9(16)12(21-4)10(6-8)20-3/h5-6H,1-4H3,(H,17,18,19). The summed E-state index contributed by atoms with van der Waals surface area (Å²) in [6, 6.07) is 3.55. The Morgan fingerprint density at radius 1 is 1.19 bits per heavy atom. The van der Waals surface area contributed by atoms with Crippen LogP contribution in [0.2, 0.25) is 5.02 Å². The fraction of sp³-hybridized carbons (Fsp3) is 0.286. The Balaban J connectivity index is 2.62. The maximum Gasteiger partial charge on any atom is 0.179 e. The van der Waals surface area contributed by atoms with E-state index < -0.39 is 0 Å². The predicted octanol–water partition coefficient (Wildman–Crippen LogP) is 3.93. The van der Waals surface area contributed by atoms with Crippen molar-refractivity contribution in [2.45, 2.75) is 6.92 Å². The van der Waals surface area contributed by atoms with Crippen LogP contribution in [0.3, 0.4) is 0 Å². The van der Waals surface area contributed by atoms with Gasteiger partial charge in [0.15, 0.2) is 17.3 Å². The summed E-state index contributed by atoms with van der Waals surface area (Å²) >= 11 is 9.68. The highest BCUT2D eigenvalue weighted by Crippen LogP contribution is 2.39. The van der Waals surface area contributed by atoms with Gasteiger partial charge in [0.05, 0.1) is 29.4 Å². The van der Waals surface area contributed by atoms with Gasteiger partial charge in [-0.3, -0.25) is 0 Å². The SMILES string of the molecule is CNc1nc(-c2cc(Cl)c(OC)c(OC)c2)nc(C)c1Br. The Labute approximate surface area is 136 Å². The molecule has 0 amide bonds. The third-order valence-electron chi connectivity index (χ3n) is 2.95. The van der Waals surface area contributed by atoms with E-state index in [9.17, 15) is 0 Å². The number of aromatic nitrogens is 2. The number of hydrogen-bond acceptors (Lipinski definition) is 5. The van der Waals surface area contributed by atoms with Crippen molar-refractivity contribution in [1.29, 1.82) is 0 Å². The Hall–Kier alpha value is -1.53. The Bertz CT molecular complexity index is 680. The number of hydrogen-bond donors (Lipinski definition) is 1. The van der Waals surface area contributed by atoms with Crippen LogP contribution in [0.15, 0.2) is 16.6 Å². The number of anilines is 1. The molecule has 5 nitrogen and oxygen atoms in total. The minimum Gasteiger partial charge on any atom is -0.493 e. The Morgan fingerprint density at radius 3 is 2.48 bits per heavy atom. The van der Waals surface area contributed by atoms with E-state index >= 15 is 0 Å². The molecule has 0 aliphatic rings. The molecule has 21 heavy (non-hydrogen) atoms. The zero-order valence-corrected chi connectivity index (χ0v) is 14.5. The molecular weight excluding hydrogens is 358 g/mol. The second kappa shape index (κ2) is 6.49. The topological polar surface area (TPSA) is 56.3 Å². The molecule has 7 heteroatoms. The van der Waals surface area contributed by atoms with Gasteiger partial charge in [-0.25, -0.2) is 9.97 Å². The van der Waals surface area contributed by atoms with Crippen molar-refractivity contribution < 1.29 is 9.47 Å². The monoisotopic (exact) mass is 371 g/mol. The molecule has 112 valence electrons. The highest BCUT2D eigenvalue weighted by atomic mass is 79.9. The molecule has 2 aromatic rings. The van der Waals surface area contributed by atoms with E-state index in [1.165, 1.54) is 0 Å². The summed E-state index contributed by atoms with van der Waals surface area (Å²) in [4.78, 5) is 8.94. The van der Waals surface area contributed by atoms with Gasteiger partial charge in [0.25, 0.3) is 0 Å². The highest BCUT2D eigenvalue weighted by Gasteiger charge is 2.15. The van der Waals surface area contributed by atoms with E-state index in [-0.39, 0.29) is 0 Å². The van der Waals surface area contributed by atoms with Gasteiger partial charge < -0.3 is 14.8 Å². The third-order valence-corrected chi connectivity index (χ3v) is 4.18. The first-order valence-electron chi connectivity index (χ1n) is 6.15. The molecule has 0 unspecified atom stereocenters. The van der Waals surface area contributed by atoms with Crippen molar-refractivity contribution in [3.8, 4) is 22.9 Å². The number of halogens is 2. The smallest absolute Gasteiger partial charge is 0.179 e. The van der Waals surface area contributed by atoms with Crippen molar-refractivity contribution in [2.24, 2.45) is 0 Å². The number of nitrogens with one attached hydrogen (secondary N) is 1. The minimum absolute atomic E-state index is 0.446. The van der Waals surface area contributed by atoms with Crippen LogP contribution in [-0.2, 0) is 0 Å². The largest absolute Gasteiger partial charge is 0.493 e. The molecule has 0 fully saturated rings. The van der Waals surface area contributed by atoms with E-state index in [4.69, 9.17) is 21.1 Å². The summed E-state index contributed by atoms with van der Waals surface area (Å²) in [6.07, 6.45) is 0. The molecule has 1 heterocycles. The lowest BCUT2D eigenvalue weighted by molar-refractivity contribution is 0.355. The molecule has 0 aliphatic carbocycles. The number of aryl methyl sites for hydroxylation is 1. The first kappa shape index (κ1) is 15.9. The van der Waals surface area contributed by atoms with Crippen molar-refractivity contribution >= 4 is 33.3 Å². The zero-order valence-electron chi connectivity index (χ0n) is 12.1. The van der Waals surface area contributed by atoms with Gasteiger partial charge in [-0.2, -0.15) is 0 Å². The van der Waals surface area contributed by atoms with E-state index in [2.05, 4.69) is 31.2 Å². The van der Waals surface area contributed by atoms with Crippen LogP contribution in [0.25, 0.3) is 11.4 Å². The summed E-state index contributed by atoms with van der Waals surface area (Å²) in [6.45, 7) is 1.90. The fourth-order valence-electron chi connectivity index (χ4n) is 1.90. The average molecular weight is 373 g/mol. The van der Waals surface area contributed by atoms with Crippen LogP contribution in [-0.4, -0.2) is 31.2 Å². The number of ether oxygens (including phenoxy) is 2. The molecular formula is C14H15BrClN3O2. The molecule has 0 atom stereocenters. The predicted molar refractivity (Wildman–Crippen MR) is 87.6 cm³/mol. The van der Waals surface area contributed by atoms with Gasteiger partial charge in [0.1, 0.15) is 5.82 Å². The van der Waals surface area contributed by atoms with Crippen LogP contribution in [0, 0.1) is 6.92 Å². The van der Waals surface area contributed by atoms with E-state index in [0.717, 1.165) is 15.7 Å². The molecule has 0 aliphatic heterocycles. The maximum atomic E-state index is 6.22. The number of nitrogens with zero attached hydrogens (tertiary/aromatic N) is 2. The number of methoxy groups -OCH3 is 2. The van der Waals surface area contributed by atoms with Crippen LogP contribution in [0.1, 0.15) is 5.69 Å². The molecule has 0 spiro atoms. The maximum absolute atomic E-state index is 6.22. The summed E-state index contributed by atoms with van der Waals surface area (Å²) < 4.78 is 11.4. The van der Waals surface area contributed by atoms with Crippen molar-refractivity contribution in [1.82, 2.24) is 9.97 Å². The fourth-order valence-corrected chi connectivity index (χ4v) is 2.56. The molecule has 0 saturated heterocycles. The van der Waals surface area contributed by atoms with Crippen molar-refractivity contribution in [3.05, 3.63) is 27.3 Å². The van der Waals surface area contributed by atoms with E-state index in [0.29, 0.717) is 28.2 Å². The summed E-state index contributed by atoms with van der Waals surface area (Å²) in [5.74, 6) is 2.30. The quantitative estimate of drug-likeness (QED) is 0.881. The molecule has 1 aromatic carbocycles. The first-order chi connectivity index (χ1) is 10.0. The number of benzene rings is 1. The average Bonchev–Trinajstić information content (AvgIpc) is 2.48. The van der Waals surface area contributed by atoms with E-state index in [1.807, 2.05) is 6.92 Å². The van der Waals surface area contributed by atoms with Gasteiger partial charge >= 0.3 is 0 Å². The normalized spacial score (nSPS) is 10.4. The molecule has 2 rings (SSSR count). The van der Waals surface area contributed by atoms with E-state index in [1.54, 1.807) is 33.4 Å². The van der Waals surface area contributed by atoms with Crippen LogP contribution >= 0.6 is 27.5 Å². The highest BCUT2D eigenvalue weighted by molar-refractivity contribution is 9.10. The van der Waals surface area contributed by atoms with Crippen molar-refractivity contribution in [3.63, 3.8) is 0 Å². The van der Waals surface area contributed by atoms with Gasteiger partial charge in [-0.15, -0.1) is 0 Å². The van der Waals surface area contributed by atoms with Crippen molar-refractivity contribution in [2.75, 3.05) is 26.6 Å². The lowest BCUT2D eigenvalue weighted by Crippen LogP contribution is -2.01. The van der Waals surface area contributed by atoms with Gasteiger partial charge in [-0.1, -0.05) is 11.6 Å². The summed E-state index contributed by atoms with van der Waals surface area (Å²) in [7, 11) is 4.91. The zero-order chi connectivity index (χ0) is 15.6. The van der Waals surface area contributed by atoms with Crippen LogP contribution < -0.4 is 14.8 Å². The number of rotatable bonds is 4. The lowest BCUT2D eigenvalue weighted by Gasteiger charge is -2.13. The lowest BCUT2D eigenvalue weighted by atomic mass is 10.2. The molecule has 0 saturated carbocycles. The van der Waals surface area contributed by atoms with Crippen LogP contribution in [0.5, 0.6) is 11.5 Å². The van der Waals surface area contributed by atoms with Crippen LogP contribution in [0.4, 0.5) is 5.82 Å². The first-order valence-corrected chi connectivity index (χ1v) is 7.32. The van der Waals surface area contributed by atoms with Gasteiger partial charge in [-0.05, 0) is 35.0 Å². The molecule has 1 N–H and O–H groups in total. The minimum atomic E-state index is 0.446. The third kappa shape index (κ3) is 3.06. The summed E-state index contributed by atoms with van der Waals surface area (Å²) in [5.41, 5.74) is 1.58. The molecule has 0 bridgehead atoms. The molecule has 0 radical (unpaired) electrons. The van der Waals surface area contributed by atoms with Gasteiger partial charge in [0, 0.05) is 12.6 Å². The molecule has 1 aromatic heterocycles. The Morgan fingerprint density at radius 2 is 1.90 bits per heavy atom. The summed E-state index contributed by atoms with van der Waals surface area (Å²) in [5, 5.41) is 3.47.